The number of aliphatic hydroxyl groups is 1. The predicted octanol–water partition coefficient (Wildman–Crippen LogP) is -0.0241. The van der Waals surface area contributed by atoms with Crippen LogP contribution in [-0.4, -0.2) is 30.2 Å². The Hall–Kier alpha value is -0.220. The van der Waals surface area contributed by atoms with E-state index in [1.54, 1.807) is 0 Å². The lowest BCUT2D eigenvalue weighted by molar-refractivity contribution is -0.0263. The minimum atomic E-state index is -2.70. The fourth-order valence-electron chi connectivity index (χ4n) is 0.935. The van der Waals surface area contributed by atoms with E-state index in [0.29, 0.717) is 6.54 Å². The average molecular weight is 137 g/mol. The Labute approximate surface area is 51.9 Å². The highest BCUT2D eigenvalue weighted by Crippen LogP contribution is 2.26. The van der Waals surface area contributed by atoms with Gasteiger partial charge in [0.2, 0.25) is 0 Å². The van der Waals surface area contributed by atoms with Crippen molar-refractivity contribution < 1.29 is 13.9 Å². The zero-order valence-corrected chi connectivity index (χ0v) is 4.90. The van der Waals surface area contributed by atoms with Gasteiger partial charge in [-0.1, -0.05) is 0 Å². The Bertz CT molecular complexity index is 107. The third-order valence-electron chi connectivity index (χ3n) is 1.54. The molecular formula is C5H9F2NO. The molecule has 1 saturated heterocycles. The van der Waals surface area contributed by atoms with Crippen molar-refractivity contribution >= 4 is 0 Å². The minimum absolute atomic E-state index is 0.155. The largest absolute Gasteiger partial charge is 0.395 e. The summed E-state index contributed by atoms with van der Waals surface area (Å²) in [4.78, 5) is 0. The first-order valence-corrected chi connectivity index (χ1v) is 2.89. The van der Waals surface area contributed by atoms with Crippen molar-refractivity contribution in [3.05, 3.63) is 0 Å². The van der Waals surface area contributed by atoms with Crippen LogP contribution in [0.5, 0.6) is 0 Å². The van der Waals surface area contributed by atoms with Crippen LogP contribution >= 0.6 is 0 Å². The van der Waals surface area contributed by atoms with Crippen molar-refractivity contribution in [1.29, 1.82) is 0 Å². The van der Waals surface area contributed by atoms with Crippen LogP contribution in [0.4, 0.5) is 8.78 Å². The lowest BCUT2D eigenvalue weighted by Gasteiger charge is -2.14. The van der Waals surface area contributed by atoms with Gasteiger partial charge in [-0.05, 0) is 0 Å². The van der Waals surface area contributed by atoms with Gasteiger partial charge in [0.1, 0.15) is 0 Å². The molecule has 1 aliphatic rings. The predicted molar refractivity (Wildman–Crippen MR) is 28.4 cm³/mol. The van der Waals surface area contributed by atoms with Crippen LogP contribution in [0.15, 0.2) is 0 Å². The van der Waals surface area contributed by atoms with Gasteiger partial charge in [-0.15, -0.1) is 0 Å². The molecule has 1 atom stereocenters. The maximum atomic E-state index is 12.4. The second-order valence-corrected chi connectivity index (χ2v) is 2.20. The van der Waals surface area contributed by atoms with Crippen molar-refractivity contribution in [3.8, 4) is 0 Å². The molecule has 1 heterocycles. The highest BCUT2D eigenvalue weighted by molar-refractivity contribution is 4.89. The van der Waals surface area contributed by atoms with E-state index in [4.69, 9.17) is 5.11 Å². The number of aliphatic hydroxyl groups excluding tert-OH is 1. The van der Waals surface area contributed by atoms with Crippen molar-refractivity contribution in [2.24, 2.45) is 0 Å². The number of halogens is 2. The molecule has 1 fully saturated rings. The molecule has 0 bridgehead atoms. The zero-order valence-electron chi connectivity index (χ0n) is 4.90. The zero-order chi connectivity index (χ0) is 6.91. The first-order chi connectivity index (χ1) is 4.17. The molecule has 0 spiro atoms. The highest BCUT2D eigenvalue weighted by atomic mass is 19.3. The van der Waals surface area contributed by atoms with Gasteiger partial charge in [0, 0.05) is 13.0 Å². The van der Waals surface area contributed by atoms with E-state index in [-0.39, 0.29) is 6.42 Å². The van der Waals surface area contributed by atoms with E-state index in [0.717, 1.165) is 0 Å². The van der Waals surface area contributed by atoms with Gasteiger partial charge >= 0.3 is 0 Å². The third-order valence-corrected chi connectivity index (χ3v) is 1.54. The van der Waals surface area contributed by atoms with Gasteiger partial charge in [0.15, 0.2) is 0 Å². The first-order valence-electron chi connectivity index (χ1n) is 2.89. The third kappa shape index (κ3) is 1.19. The Balaban J connectivity index is 2.52. The van der Waals surface area contributed by atoms with Crippen LogP contribution in [0.25, 0.3) is 0 Å². The summed E-state index contributed by atoms with van der Waals surface area (Å²) in [6.45, 7) is -0.175. The van der Waals surface area contributed by atoms with Gasteiger partial charge in [0.05, 0.1) is 12.6 Å². The number of hydrogen-bond donors (Lipinski definition) is 2. The summed E-state index contributed by atoms with van der Waals surface area (Å²) in [5, 5.41) is 10.9. The van der Waals surface area contributed by atoms with Gasteiger partial charge in [-0.25, -0.2) is 8.78 Å². The molecule has 0 aromatic heterocycles. The van der Waals surface area contributed by atoms with Gasteiger partial charge in [-0.2, -0.15) is 0 Å². The lowest BCUT2D eigenvalue weighted by atomic mass is 10.2. The summed E-state index contributed by atoms with van der Waals surface area (Å²) in [7, 11) is 0. The molecule has 0 saturated carbocycles. The molecule has 54 valence electrons. The van der Waals surface area contributed by atoms with Gasteiger partial charge in [-0.3, -0.25) is 0 Å². The standard InChI is InChI=1S/C5H9F2NO/c6-5(7)1-2-8-4(5)3-9/h4,8-9H,1-3H2. The maximum absolute atomic E-state index is 12.4. The second kappa shape index (κ2) is 2.19. The molecule has 1 unspecified atom stereocenters. The van der Waals surface area contributed by atoms with Crippen LogP contribution in [0.3, 0.4) is 0 Å². The molecule has 0 radical (unpaired) electrons. The van der Waals surface area contributed by atoms with Crippen LogP contribution in [-0.2, 0) is 0 Å². The van der Waals surface area contributed by atoms with E-state index in [9.17, 15) is 8.78 Å². The Morgan fingerprint density at radius 1 is 1.67 bits per heavy atom. The normalized spacial score (nSPS) is 33.0. The molecule has 0 aromatic carbocycles. The average Bonchev–Trinajstić information content (AvgIpc) is 2.08. The number of rotatable bonds is 1. The van der Waals surface area contributed by atoms with E-state index < -0.39 is 18.6 Å². The van der Waals surface area contributed by atoms with Crippen molar-refractivity contribution in [2.75, 3.05) is 13.2 Å². The van der Waals surface area contributed by atoms with Crippen LogP contribution in [0.2, 0.25) is 0 Å². The fraction of sp³-hybridized carbons (Fsp3) is 1.00. The van der Waals surface area contributed by atoms with Gasteiger partial charge in [0.25, 0.3) is 5.92 Å². The fourth-order valence-corrected chi connectivity index (χ4v) is 0.935. The summed E-state index contributed by atoms with van der Waals surface area (Å²) < 4.78 is 24.8. The Kier molecular flexibility index (Phi) is 1.68. The number of nitrogens with one attached hydrogen (secondary N) is 1. The molecule has 1 aliphatic heterocycles. The molecule has 1 rings (SSSR count). The van der Waals surface area contributed by atoms with E-state index in [1.165, 1.54) is 0 Å². The lowest BCUT2D eigenvalue weighted by Crippen LogP contribution is -2.38. The SMILES string of the molecule is OCC1NCCC1(F)F. The van der Waals surface area contributed by atoms with Crippen LogP contribution < -0.4 is 5.32 Å². The monoisotopic (exact) mass is 137 g/mol. The highest BCUT2D eigenvalue weighted by Gasteiger charge is 2.42. The number of hydrogen-bond acceptors (Lipinski definition) is 2. The topological polar surface area (TPSA) is 32.3 Å². The smallest absolute Gasteiger partial charge is 0.266 e. The summed E-state index contributed by atoms with van der Waals surface area (Å²) >= 11 is 0. The molecule has 9 heavy (non-hydrogen) atoms. The Morgan fingerprint density at radius 2 is 2.33 bits per heavy atom. The van der Waals surface area contributed by atoms with Crippen molar-refractivity contribution in [1.82, 2.24) is 5.32 Å². The minimum Gasteiger partial charge on any atom is -0.395 e. The van der Waals surface area contributed by atoms with Crippen molar-refractivity contribution in [3.63, 3.8) is 0 Å². The summed E-state index contributed by atoms with van der Waals surface area (Å²) in [5.74, 6) is -2.70. The van der Waals surface area contributed by atoms with E-state index in [2.05, 4.69) is 5.32 Å². The molecule has 2 N–H and O–H groups in total. The quantitative estimate of drug-likeness (QED) is 0.532. The van der Waals surface area contributed by atoms with Crippen LogP contribution in [0, 0.1) is 0 Å². The van der Waals surface area contributed by atoms with Crippen LogP contribution in [0.1, 0.15) is 6.42 Å². The molecule has 4 heteroatoms. The number of alkyl halides is 2. The van der Waals surface area contributed by atoms with E-state index in [1.807, 2.05) is 0 Å². The molecule has 2 nitrogen and oxygen atoms in total. The second-order valence-electron chi connectivity index (χ2n) is 2.20. The summed E-state index contributed by atoms with van der Waals surface area (Å²) in [5.41, 5.74) is 0. The first kappa shape index (κ1) is 6.89. The molecule has 0 amide bonds. The molecule has 0 aliphatic carbocycles. The molecular weight excluding hydrogens is 128 g/mol. The maximum Gasteiger partial charge on any atom is 0.266 e. The molecule has 0 aromatic rings. The van der Waals surface area contributed by atoms with E-state index >= 15 is 0 Å². The Morgan fingerprint density at radius 3 is 2.56 bits per heavy atom. The summed E-state index contributed by atoms with van der Waals surface area (Å²) in [6, 6.07) is -1.02. The van der Waals surface area contributed by atoms with Gasteiger partial charge < -0.3 is 10.4 Å². The van der Waals surface area contributed by atoms with Crippen molar-refractivity contribution in [2.45, 2.75) is 18.4 Å². The summed E-state index contributed by atoms with van der Waals surface area (Å²) in [6.07, 6.45) is -0.155.